The highest BCUT2D eigenvalue weighted by Crippen LogP contribution is 2.29. The molecule has 0 bridgehead atoms. The summed E-state index contributed by atoms with van der Waals surface area (Å²) >= 11 is 0. The average molecular weight is 356 g/mol. The van der Waals surface area contributed by atoms with Crippen LogP contribution in [-0.4, -0.2) is 55.1 Å². The SMILES string of the molecule is CC(=O)O[C@@H]1[C@@H](OC(C)=O)[C@H](N=[N+]=[N-])O[C@H](CN=[N+]=[N-])[C@H]1OC(C)=O. The third kappa shape index (κ3) is 5.84. The van der Waals surface area contributed by atoms with Crippen molar-refractivity contribution >= 4 is 17.9 Å². The molecule has 13 nitrogen and oxygen atoms in total. The second-order valence-electron chi connectivity index (χ2n) is 4.91. The predicted octanol–water partition coefficient (Wildman–Crippen LogP) is 1.13. The van der Waals surface area contributed by atoms with Crippen LogP contribution in [0.25, 0.3) is 20.9 Å². The summed E-state index contributed by atoms with van der Waals surface area (Å²) in [5, 5.41) is 6.69. The van der Waals surface area contributed by atoms with Gasteiger partial charge in [0.1, 0.15) is 6.10 Å². The molecule has 1 aliphatic rings. The molecular formula is C12H16N6O7. The van der Waals surface area contributed by atoms with Crippen molar-refractivity contribution in [2.24, 2.45) is 10.2 Å². The normalized spacial score (nSPS) is 27.9. The Hall–Kier alpha value is -3.01. The van der Waals surface area contributed by atoms with E-state index in [4.69, 9.17) is 30.0 Å². The maximum atomic E-state index is 11.4. The van der Waals surface area contributed by atoms with Gasteiger partial charge >= 0.3 is 17.9 Å². The van der Waals surface area contributed by atoms with E-state index < -0.39 is 48.6 Å². The molecule has 25 heavy (non-hydrogen) atoms. The summed E-state index contributed by atoms with van der Waals surface area (Å²) in [6, 6.07) is 0. The Kier molecular flexibility index (Phi) is 7.47. The summed E-state index contributed by atoms with van der Waals surface area (Å²) in [4.78, 5) is 39.3. The predicted molar refractivity (Wildman–Crippen MR) is 78.5 cm³/mol. The minimum atomic E-state index is -1.39. The van der Waals surface area contributed by atoms with Crippen LogP contribution in [0.15, 0.2) is 10.2 Å². The first-order valence-corrected chi connectivity index (χ1v) is 7.02. The molecule has 0 aromatic heterocycles. The number of hydrogen-bond donors (Lipinski definition) is 0. The fourth-order valence-corrected chi connectivity index (χ4v) is 2.28. The zero-order valence-corrected chi connectivity index (χ0v) is 13.6. The van der Waals surface area contributed by atoms with Crippen LogP contribution in [-0.2, 0) is 33.3 Å². The number of rotatable bonds is 6. The maximum absolute atomic E-state index is 11.4. The quantitative estimate of drug-likeness (QED) is 0.224. The first kappa shape index (κ1) is 20.0. The number of ether oxygens (including phenoxy) is 4. The summed E-state index contributed by atoms with van der Waals surface area (Å²) < 4.78 is 20.7. The molecule has 1 rings (SSSR count). The van der Waals surface area contributed by atoms with E-state index in [1.54, 1.807) is 0 Å². The van der Waals surface area contributed by atoms with E-state index in [1.807, 2.05) is 0 Å². The molecule has 0 radical (unpaired) electrons. The molecule has 0 saturated carbocycles. The lowest BCUT2D eigenvalue weighted by atomic mass is 9.97. The molecule has 0 aromatic rings. The number of carbonyl (C=O) groups excluding carboxylic acids is 3. The van der Waals surface area contributed by atoms with Gasteiger partial charge in [0, 0.05) is 30.6 Å². The van der Waals surface area contributed by atoms with E-state index in [0.717, 1.165) is 20.8 Å². The van der Waals surface area contributed by atoms with E-state index in [-0.39, 0.29) is 6.54 Å². The van der Waals surface area contributed by atoms with Gasteiger partial charge in [-0.05, 0) is 11.1 Å². The Morgan fingerprint density at radius 1 is 0.920 bits per heavy atom. The molecule has 1 aliphatic heterocycles. The van der Waals surface area contributed by atoms with Gasteiger partial charge in [0.05, 0.1) is 6.54 Å². The molecule has 1 fully saturated rings. The van der Waals surface area contributed by atoms with Gasteiger partial charge in [-0.15, -0.1) is 0 Å². The third-order valence-electron chi connectivity index (χ3n) is 3.01. The van der Waals surface area contributed by atoms with E-state index in [9.17, 15) is 14.4 Å². The first-order valence-electron chi connectivity index (χ1n) is 7.02. The second kappa shape index (κ2) is 9.33. The van der Waals surface area contributed by atoms with Crippen LogP contribution in [0.3, 0.4) is 0 Å². The minimum absolute atomic E-state index is 0.309. The zero-order valence-electron chi connectivity index (χ0n) is 13.6. The van der Waals surface area contributed by atoms with Gasteiger partial charge in [0.2, 0.25) is 0 Å². The molecule has 0 spiro atoms. The van der Waals surface area contributed by atoms with Crippen molar-refractivity contribution in [3.8, 4) is 0 Å². The summed E-state index contributed by atoms with van der Waals surface area (Å²) in [5.41, 5.74) is 17.1. The van der Waals surface area contributed by atoms with Crippen molar-refractivity contribution < 1.29 is 33.3 Å². The lowest BCUT2D eigenvalue weighted by Gasteiger charge is -2.43. The Labute approximate surface area is 141 Å². The zero-order chi connectivity index (χ0) is 19.0. The highest BCUT2D eigenvalue weighted by Gasteiger charge is 2.51. The molecule has 0 aliphatic carbocycles. The minimum Gasteiger partial charge on any atom is -0.456 e. The van der Waals surface area contributed by atoms with Crippen LogP contribution in [0.4, 0.5) is 0 Å². The Balaban J connectivity index is 3.32. The number of azide groups is 2. The Morgan fingerprint density at radius 3 is 1.92 bits per heavy atom. The fraction of sp³-hybridized carbons (Fsp3) is 0.750. The molecule has 136 valence electrons. The molecule has 5 atom stereocenters. The molecule has 0 aromatic carbocycles. The van der Waals surface area contributed by atoms with Crippen LogP contribution in [0.2, 0.25) is 0 Å². The van der Waals surface area contributed by atoms with Crippen molar-refractivity contribution in [2.75, 3.05) is 6.54 Å². The summed E-state index contributed by atoms with van der Waals surface area (Å²) in [6.45, 7) is 2.98. The van der Waals surface area contributed by atoms with Gasteiger partial charge < -0.3 is 18.9 Å². The van der Waals surface area contributed by atoms with Gasteiger partial charge in [0.25, 0.3) is 0 Å². The summed E-state index contributed by atoms with van der Waals surface area (Å²) in [7, 11) is 0. The van der Waals surface area contributed by atoms with Crippen molar-refractivity contribution in [1.82, 2.24) is 0 Å². The number of esters is 3. The van der Waals surface area contributed by atoms with Crippen molar-refractivity contribution in [3.05, 3.63) is 20.9 Å². The van der Waals surface area contributed by atoms with Gasteiger partial charge in [0.15, 0.2) is 24.5 Å². The van der Waals surface area contributed by atoms with E-state index in [0.29, 0.717) is 0 Å². The van der Waals surface area contributed by atoms with Crippen molar-refractivity contribution in [3.63, 3.8) is 0 Å². The molecule has 0 N–H and O–H groups in total. The topological polar surface area (TPSA) is 186 Å². The van der Waals surface area contributed by atoms with Crippen LogP contribution in [0.5, 0.6) is 0 Å². The smallest absolute Gasteiger partial charge is 0.303 e. The van der Waals surface area contributed by atoms with Crippen LogP contribution < -0.4 is 0 Å². The van der Waals surface area contributed by atoms with Gasteiger partial charge in [-0.25, -0.2) is 0 Å². The van der Waals surface area contributed by atoms with E-state index in [2.05, 4.69) is 20.1 Å². The fourth-order valence-electron chi connectivity index (χ4n) is 2.28. The van der Waals surface area contributed by atoms with Gasteiger partial charge in [-0.2, -0.15) is 0 Å². The lowest BCUT2D eigenvalue weighted by Crippen LogP contribution is -2.61. The van der Waals surface area contributed by atoms with Crippen LogP contribution >= 0.6 is 0 Å². The second-order valence-corrected chi connectivity index (χ2v) is 4.91. The maximum Gasteiger partial charge on any atom is 0.303 e. The molecule has 0 amide bonds. The van der Waals surface area contributed by atoms with Gasteiger partial charge in [-0.1, -0.05) is 10.2 Å². The summed E-state index contributed by atoms with van der Waals surface area (Å²) in [5.74, 6) is -2.26. The van der Waals surface area contributed by atoms with Gasteiger partial charge in [-0.3, -0.25) is 14.4 Å². The molecule has 1 saturated heterocycles. The molecule has 13 heteroatoms. The third-order valence-corrected chi connectivity index (χ3v) is 3.01. The number of carbonyl (C=O) groups is 3. The van der Waals surface area contributed by atoms with E-state index in [1.165, 1.54) is 0 Å². The van der Waals surface area contributed by atoms with Crippen molar-refractivity contribution in [1.29, 1.82) is 0 Å². The number of nitrogens with zero attached hydrogens (tertiary/aromatic N) is 6. The highest BCUT2D eigenvalue weighted by atomic mass is 16.7. The standard InChI is InChI=1S/C12H16N6O7/c1-5(19)22-9-8(4-15-17-13)25-12(16-18-14)11(24-7(3)21)10(9)23-6(2)20/h8-12H,4H2,1-3H3/t8-,9-,10+,11-,12-/m1/s1. The first-order chi connectivity index (χ1) is 11.8. The lowest BCUT2D eigenvalue weighted by molar-refractivity contribution is -0.243. The number of hydrogen-bond acceptors (Lipinski definition) is 9. The van der Waals surface area contributed by atoms with Crippen molar-refractivity contribution in [2.45, 2.75) is 51.4 Å². The molecular weight excluding hydrogens is 340 g/mol. The van der Waals surface area contributed by atoms with Crippen LogP contribution in [0, 0.1) is 0 Å². The Morgan fingerprint density at radius 2 is 1.44 bits per heavy atom. The molecule has 0 unspecified atom stereocenters. The summed E-state index contributed by atoms with van der Waals surface area (Å²) in [6.07, 6.45) is -6.41. The largest absolute Gasteiger partial charge is 0.456 e. The Bertz CT molecular complexity index is 627. The monoisotopic (exact) mass is 356 g/mol. The highest BCUT2D eigenvalue weighted by molar-refractivity contribution is 5.68. The average Bonchev–Trinajstić information content (AvgIpc) is 2.50. The molecule has 1 heterocycles. The van der Waals surface area contributed by atoms with E-state index >= 15 is 0 Å². The van der Waals surface area contributed by atoms with Crippen LogP contribution in [0.1, 0.15) is 20.8 Å².